The van der Waals surface area contributed by atoms with Gasteiger partial charge in [-0.1, -0.05) is 25.4 Å². The van der Waals surface area contributed by atoms with Gasteiger partial charge in [0.25, 0.3) is 0 Å². The molecule has 1 aromatic carbocycles. The third kappa shape index (κ3) is 5.48. The molecular formula is C14H18ClNO4. The number of hydrogen-bond acceptors (Lipinski definition) is 3. The number of carbonyl (C=O) groups is 2. The topological polar surface area (TPSA) is 75.6 Å². The molecule has 0 bridgehead atoms. The van der Waals surface area contributed by atoms with E-state index >= 15 is 0 Å². The lowest BCUT2D eigenvalue weighted by molar-refractivity contribution is -0.143. The predicted molar refractivity (Wildman–Crippen MR) is 76.0 cm³/mol. The molecule has 5 nitrogen and oxygen atoms in total. The number of amides is 1. The molecule has 0 spiro atoms. The van der Waals surface area contributed by atoms with E-state index < -0.39 is 12.0 Å². The summed E-state index contributed by atoms with van der Waals surface area (Å²) in [6, 6.07) is 5.91. The van der Waals surface area contributed by atoms with E-state index in [1.165, 1.54) is 0 Å². The van der Waals surface area contributed by atoms with E-state index in [4.69, 9.17) is 21.4 Å². The van der Waals surface area contributed by atoms with Crippen LogP contribution < -0.4 is 10.1 Å². The molecule has 1 rings (SSSR count). The molecule has 0 saturated carbocycles. The monoisotopic (exact) mass is 299 g/mol. The number of hydrogen-bond donors (Lipinski definition) is 2. The maximum absolute atomic E-state index is 11.6. The van der Waals surface area contributed by atoms with Gasteiger partial charge >= 0.3 is 5.97 Å². The van der Waals surface area contributed by atoms with Gasteiger partial charge in [0.2, 0.25) is 5.91 Å². The zero-order valence-corrected chi connectivity index (χ0v) is 12.2. The lowest BCUT2D eigenvalue weighted by atomic mass is 10.0. The molecule has 0 aliphatic rings. The zero-order chi connectivity index (χ0) is 15.1. The highest BCUT2D eigenvalue weighted by Gasteiger charge is 2.23. The number of ether oxygens (including phenoxy) is 1. The van der Waals surface area contributed by atoms with E-state index in [-0.39, 0.29) is 24.9 Å². The Morgan fingerprint density at radius 3 is 2.40 bits per heavy atom. The number of nitrogens with one attached hydrogen (secondary N) is 1. The minimum absolute atomic E-state index is 0.0964. The standard InChI is InChI=1S/C14H18ClNO4/c1-9(2)13(14(18)19)16-12(17)7-8-20-11-5-3-10(15)4-6-11/h3-6,9,13H,7-8H2,1-2H3,(H,16,17)(H,18,19)/t13-/m0/s1. The van der Waals surface area contributed by atoms with Crippen molar-refractivity contribution in [2.75, 3.05) is 6.61 Å². The molecule has 6 heteroatoms. The minimum atomic E-state index is -1.04. The summed E-state index contributed by atoms with van der Waals surface area (Å²) in [5, 5.41) is 12.0. The van der Waals surface area contributed by atoms with Gasteiger partial charge in [-0.05, 0) is 30.2 Å². The summed E-state index contributed by atoms with van der Waals surface area (Å²) >= 11 is 5.74. The molecule has 0 saturated heterocycles. The second-order valence-corrected chi connectivity index (χ2v) is 5.12. The second-order valence-electron chi connectivity index (χ2n) is 4.68. The van der Waals surface area contributed by atoms with Crippen LogP contribution in [0.25, 0.3) is 0 Å². The van der Waals surface area contributed by atoms with Crippen LogP contribution >= 0.6 is 11.6 Å². The zero-order valence-electron chi connectivity index (χ0n) is 11.4. The summed E-state index contributed by atoms with van der Waals surface area (Å²) in [6.07, 6.45) is 0.0964. The third-order valence-electron chi connectivity index (χ3n) is 2.66. The predicted octanol–water partition coefficient (Wildman–Crippen LogP) is 2.33. The summed E-state index contributed by atoms with van der Waals surface area (Å²) in [6.45, 7) is 3.66. The first-order valence-corrected chi connectivity index (χ1v) is 6.68. The van der Waals surface area contributed by atoms with Crippen molar-refractivity contribution in [3.63, 3.8) is 0 Å². The number of benzene rings is 1. The van der Waals surface area contributed by atoms with Gasteiger partial charge in [0, 0.05) is 5.02 Å². The first-order valence-electron chi connectivity index (χ1n) is 6.30. The highest BCUT2D eigenvalue weighted by molar-refractivity contribution is 6.30. The first kappa shape index (κ1) is 16.3. The molecular weight excluding hydrogens is 282 g/mol. The number of carboxylic acid groups (broad SMARTS) is 1. The maximum Gasteiger partial charge on any atom is 0.326 e. The number of rotatable bonds is 7. The third-order valence-corrected chi connectivity index (χ3v) is 2.91. The Bertz CT molecular complexity index is 459. The SMILES string of the molecule is CC(C)[C@H](NC(=O)CCOc1ccc(Cl)cc1)C(=O)O. The largest absolute Gasteiger partial charge is 0.493 e. The second kappa shape index (κ2) is 7.75. The number of halogens is 1. The molecule has 110 valence electrons. The minimum Gasteiger partial charge on any atom is -0.493 e. The quantitative estimate of drug-likeness (QED) is 0.810. The molecule has 0 heterocycles. The van der Waals surface area contributed by atoms with E-state index in [9.17, 15) is 9.59 Å². The molecule has 20 heavy (non-hydrogen) atoms. The van der Waals surface area contributed by atoms with Gasteiger partial charge in [0.15, 0.2) is 0 Å². The Balaban J connectivity index is 2.36. The van der Waals surface area contributed by atoms with Crippen molar-refractivity contribution in [2.24, 2.45) is 5.92 Å². The molecule has 0 unspecified atom stereocenters. The summed E-state index contributed by atoms with van der Waals surface area (Å²) in [7, 11) is 0. The Morgan fingerprint density at radius 1 is 1.30 bits per heavy atom. The van der Waals surface area contributed by atoms with Crippen LogP contribution in [-0.2, 0) is 9.59 Å². The van der Waals surface area contributed by atoms with E-state index in [0.717, 1.165) is 0 Å². The molecule has 1 aromatic rings. The number of aliphatic carboxylic acids is 1. The average Bonchev–Trinajstić information content (AvgIpc) is 2.37. The van der Waals surface area contributed by atoms with Crippen molar-refractivity contribution < 1.29 is 19.4 Å². The summed E-state index contributed by atoms with van der Waals surface area (Å²) < 4.78 is 5.37. The molecule has 1 atom stereocenters. The highest BCUT2D eigenvalue weighted by atomic mass is 35.5. The number of carbonyl (C=O) groups excluding carboxylic acids is 1. The van der Waals surface area contributed by atoms with Gasteiger partial charge in [-0.3, -0.25) is 4.79 Å². The van der Waals surface area contributed by atoms with Crippen LogP contribution in [0.5, 0.6) is 5.75 Å². The van der Waals surface area contributed by atoms with Gasteiger partial charge < -0.3 is 15.2 Å². The van der Waals surface area contributed by atoms with Gasteiger partial charge in [-0.25, -0.2) is 4.79 Å². The Labute approximate surface area is 122 Å². The summed E-state index contributed by atoms with van der Waals surface area (Å²) in [4.78, 5) is 22.6. The Kier molecular flexibility index (Phi) is 6.31. The number of carboxylic acids is 1. The molecule has 0 aliphatic carbocycles. The van der Waals surface area contributed by atoms with Crippen molar-refractivity contribution >= 4 is 23.5 Å². The molecule has 0 aliphatic heterocycles. The molecule has 0 fully saturated rings. The highest BCUT2D eigenvalue weighted by Crippen LogP contribution is 2.15. The van der Waals surface area contributed by atoms with Gasteiger partial charge in [-0.15, -0.1) is 0 Å². The van der Waals surface area contributed by atoms with Gasteiger partial charge in [0.05, 0.1) is 13.0 Å². The molecule has 0 aromatic heterocycles. The van der Waals surface area contributed by atoms with Gasteiger partial charge in [-0.2, -0.15) is 0 Å². The summed E-state index contributed by atoms with van der Waals surface area (Å²) in [5.41, 5.74) is 0. The lowest BCUT2D eigenvalue weighted by Gasteiger charge is -2.17. The van der Waals surface area contributed by atoms with Crippen molar-refractivity contribution in [3.05, 3.63) is 29.3 Å². The van der Waals surface area contributed by atoms with Crippen LogP contribution in [0, 0.1) is 5.92 Å². The van der Waals surface area contributed by atoms with Crippen molar-refractivity contribution in [3.8, 4) is 5.75 Å². The fraction of sp³-hybridized carbons (Fsp3) is 0.429. The van der Waals surface area contributed by atoms with E-state index in [2.05, 4.69) is 5.32 Å². The van der Waals surface area contributed by atoms with Crippen molar-refractivity contribution in [1.29, 1.82) is 0 Å². The van der Waals surface area contributed by atoms with Crippen LogP contribution in [0.4, 0.5) is 0 Å². The fourth-order valence-electron chi connectivity index (χ4n) is 1.55. The molecule has 0 radical (unpaired) electrons. The lowest BCUT2D eigenvalue weighted by Crippen LogP contribution is -2.44. The van der Waals surface area contributed by atoms with E-state index in [1.54, 1.807) is 38.1 Å². The van der Waals surface area contributed by atoms with E-state index in [0.29, 0.717) is 10.8 Å². The Morgan fingerprint density at radius 2 is 1.90 bits per heavy atom. The van der Waals surface area contributed by atoms with Crippen molar-refractivity contribution in [2.45, 2.75) is 26.3 Å². The van der Waals surface area contributed by atoms with E-state index in [1.807, 2.05) is 0 Å². The van der Waals surface area contributed by atoms with Crippen molar-refractivity contribution in [1.82, 2.24) is 5.32 Å². The van der Waals surface area contributed by atoms with Crippen LogP contribution in [0.1, 0.15) is 20.3 Å². The fourth-order valence-corrected chi connectivity index (χ4v) is 1.68. The normalized spacial score (nSPS) is 12.0. The first-order chi connectivity index (χ1) is 9.40. The van der Waals surface area contributed by atoms with Crippen LogP contribution in [-0.4, -0.2) is 29.6 Å². The maximum atomic E-state index is 11.6. The summed E-state index contributed by atoms with van der Waals surface area (Å²) in [5.74, 6) is -0.943. The molecule has 2 N–H and O–H groups in total. The molecule has 1 amide bonds. The van der Waals surface area contributed by atoms with Gasteiger partial charge in [0.1, 0.15) is 11.8 Å². The van der Waals surface area contributed by atoms with Crippen LogP contribution in [0.2, 0.25) is 5.02 Å². The van der Waals surface area contributed by atoms with Crippen LogP contribution in [0.3, 0.4) is 0 Å². The average molecular weight is 300 g/mol. The smallest absolute Gasteiger partial charge is 0.326 e. The Hall–Kier alpha value is -1.75. The van der Waals surface area contributed by atoms with Crippen LogP contribution in [0.15, 0.2) is 24.3 Å².